The molecule has 0 unspecified atom stereocenters. The summed E-state index contributed by atoms with van der Waals surface area (Å²) in [5.41, 5.74) is 2.42. The van der Waals surface area contributed by atoms with Crippen LogP contribution < -0.4 is 15.5 Å². The van der Waals surface area contributed by atoms with Crippen LogP contribution in [0.1, 0.15) is 24.0 Å². The predicted molar refractivity (Wildman–Crippen MR) is 124 cm³/mol. The van der Waals surface area contributed by atoms with E-state index in [1.54, 1.807) is 7.05 Å². The molecule has 2 aromatic rings. The molecule has 0 radical (unpaired) electrons. The first-order valence-electron chi connectivity index (χ1n) is 9.13. The maximum Gasteiger partial charge on any atom is 0.191 e. The Labute approximate surface area is 183 Å². The van der Waals surface area contributed by atoms with Gasteiger partial charge in [0.1, 0.15) is 5.82 Å². The SMILES string of the molecule is CN=C(NCCc1cccc(Cl)c1)NCc1ccnc(N2CCCC2)c1.I. The molecule has 0 spiro atoms. The van der Waals surface area contributed by atoms with Crippen molar-refractivity contribution in [3.05, 3.63) is 58.7 Å². The average Bonchev–Trinajstić information content (AvgIpc) is 3.20. The maximum atomic E-state index is 6.03. The normalized spacial score (nSPS) is 14.0. The standard InChI is InChI=1S/C20H26ClN5.HI/c1-22-20(24-10-7-16-5-4-6-18(21)13-16)25-15-17-8-9-23-19(14-17)26-11-2-3-12-26;/h4-6,8-9,13-14H,2-3,7,10-12,15H2,1H3,(H2,22,24,25);1H. The first kappa shape index (κ1) is 21.8. The van der Waals surface area contributed by atoms with E-state index in [0.29, 0.717) is 0 Å². The molecular weight excluding hydrogens is 473 g/mol. The molecule has 0 amide bonds. The summed E-state index contributed by atoms with van der Waals surface area (Å²) in [7, 11) is 1.79. The van der Waals surface area contributed by atoms with Crippen molar-refractivity contribution in [3.8, 4) is 0 Å². The minimum atomic E-state index is 0. The van der Waals surface area contributed by atoms with E-state index in [4.69, 9.17) is 11.6 Å². The fraction of sp³-hybridized carbons (Fsp3) is 0.400. The monoisotopic (exact) mass is 499 g/mol. The van der Waals surface area contributed by atoms with E-state index < -0.39 is 0 Å². The molecule has 0 bridgehead atoms. The summed E-state index contributed by atoms with van der Waals surface area (Å²) in [5, 5.41) is 7.49. The van der Waals surface area contributed by atoms with Crippen LogP contribution in [0.25, 0.3) is 0 Å². The van der Waals surface area contributed by atoms with Gasteiger partial charge in [-0.3, -0.25) is 4.99 Å². The van der Waals surface area contributed by atoms with Crippen LogP contribution in [0, 0.1) is 0 Å². The summed E-state index contributed by atoms with van der Waals surface area (Å²) in [6, 6.07) is 12.2. The third-order valence-corrected chi connectivity index (χ3v) is 4.75. The number of pyridine rings is 1. The second-order valence-corrected chi connectivity index (χ2v) is 6.89. The van der Waals surface area contributed by atoms with Gasteiger partial charge < -0.3 is 15.5 Å². The fourth-order valence-electron chi connectivity index (χ4n) is 3.11. The lowest BCUT2D eigenvalue weighted by atomic mass is 10.1. The highest BCUT2D eigenvalue weighted by Gasteiger charge is 2.13. The third-order valence-electron chi connectivity index (χ3n) is 4.52. The molecule has 2 heterocycles. The van der Waals surface area contributed by atoms with Gasteiger partial charge in [0, 0.05) is 44.4 Å². The highest BCUT2D eigenvalue weighted by atomic mass is 127. The van der Waals surface area contributed by atoms with Crippen LogP contribution in [0.4, 0.5) is 5.82 Å². The van der Waals surface area contributed by atoms with Gasteiger partial charge in [-0.1, -0.05) is 23.7 Å². The smallest absolute Gasteiger partial charge is 0.191 e. The molecule has 7 heteroatoms. The first-order valence-corrected chi connectivity index (χ1v) is 9.51. The van der Waals surface area contributed by atoms with E-state index in [0.717, 1.165) is 49.4 Å². The van der Waals surface area contributed by atoms with Crippen molar-refractivity contribution in [2.45, 2.75) is 25.8 Å². The van der Waals surface area contributed by atoms with Crippen molar-refractivity contribution in [2.24, 2.45) is 4.99 Å². The lowest BCUT2D eigenvalue weighted by Crippen LogP contribution is -2.37. The average molecular weight is 500 g/mol. The van der Waals surface area contributed by atoms with Crippen molar-refractivity contribution in [3.63, 3.8) is 0 Å². The van der Waals surface area contributed by atoms with E-state index in [-0.39, 0.29) is 24.0 Å². The zero-order valence-electron chi connectivity index (χ0n) is 15.6. The Kier molecular flexibility index (Phi) is 9.14. The summed E-state index contributed by atoms with van der Waals surface area (Å²) in [6.45, 7) is 3.74. The minimum absolute atomic E-state index is 0. The Hall–Kier alpha value is -1.54. The van der Waals surface area contributed by atoms with Gasteiger partial charge in [-0.05, 0) is 54.7 Å². The number of anilines is 1. The van der Waals surface area contributed by atoms with Crippen LogP contribution in [0.2, 0.25) is 5.02 Å². The van der Waals surface area contributed by atoms with E-state index in [9.17, 15) is 0 Å². The molecule has 1 aromatic carbocycles. The number of benzene rings is 1. The summed E-state index contributed by atoms with van der Waals surface area (Å²) in [6.07, 6.45) is 5.30. The minimum Gasteiger partial charge on any atom is -0.357 e. The molecular formula is C20H27ClIN5. The number of hydrogen-bond donors (Lipinski definition) is 2. The van der Waals surface area contributed by atoms with Crippen LogP contribution in [0.3, 0.4) is 0 Å². The van der Waals surface area contributed by atoms with Gasteiger partial charge in [0.2, 0.25) is 0 Å². The Morgan fingerprint density at radius 2 is 1.96 bits per heavy atom. The van der Waals surface area contributed by atoms with Gasteiger partial charge in [-0.15, -0.1) is 24.0 Å². The molecule has 27 heavy (non-hydrogen) atoms. The van der Waals surface area contributed by atoms with E-state index in [1.807, 2.05) is 30.5 Å². The maximum absolute atomic E-state index is 6.03. The molecule has 2 N–H and O–H groups in total. The van der Waals surface area contributed by atoms with E-state index in [2.05, 4.69) is 37.6 Å². The molecule has 1 saturated heterocycles. The van der Waals surface area contributed by atoms with Crippen LogP contribution in [0.5, 0.6) is 0 Å². The molecule has 1 aromatic heterocycles. The molecule has 0 atom stereocenters. The van der Waals surface area contributed by atoms with Gasteiger partial charge in [-0.25, -0.2) is 4.98 Å². The number of halogens is 2. The zero-order valence-corrected chi connectivity index (χ0v) is 18.7. The molecule has 1 aliphatic rings. The van der Waals surface area contributed by atoms with Gasteiger partial charge in [0.05, 0.1) is 0 Å². The summed E-state index contributed by atoms with van der Waals surface area (Å²) >= 11 is 6.03. The number of nitrogens with one attached hydrogen (secondary N) is 2. The van der Waals surface area contributed by atoms with Gasteiger partial charge in [0.25, 0.3) is 0 Å². The molecule has 146 valence electrons. The molecule has 0 saturated carbocycles. The van der Waals surface area contributed by atoms with E-state index >= 15 is 0 Å². The molecule has 3 rings (SSSR count). The predicted octanol–water partition coefficient (Wildman–Crippen LogP) is 3.86. The van der Waals surface area contributed by atoms with Crippen LogP contribution in [-0.4, -0.2) is 37.6 Å². The Morgan fingerprint density at radius 3 is 2.70 bits per heavy atom. The Bertz CT molecular complexity index is 747. The van der Waals surface area contributed by atoms with Gasteiger partial charge in [-0.2, -0.15) is 0 Å². The highest BCUT2D eigenvalue weighted by molar-refractivity contribution is 14.0. The summed E-state index contributed by atoms with van der Waals surface area (Å²) < 4.78 is 0. The topological polar surface area (TPSA) is 52.6 Å². The quantitative estimate of drug-likeness (QED) is 0.360. The van der Waals surface area contributed by atoms with Crippen molar-refractivity contribution in [1.29, 1.82) is 0 Å². The lowest BCUT2D eigenvalue weighted by molar-refractivity contribution is 0.793. The van der Waals surface area contributed by atoms with Gasteiger partial charge >= 0.3 is 0 Å². The largest absolute Gasteiger partial charge is 0.357 e. The third kappa shape index (κ3) is 6.84. The highest BCUT2D eigenvalue weighted by Crippen LogP contribution is 2.18. The fourth-order valence-corrected chi connectivity index (χ4v) is 3.33. The number of rotatable bonds is 6. The van der Waals surface area contributed by atoms with Crippen molar-refractivity contribution in [1.82, 2.24) is 15.6 Å². The molecule has 1 fully saturated rings. The number of aliphatic imine (C=N–C) groups is 1. The van der Waals surface area contributed by atoms with Crippen LogP contribution in [0.15, 0.2) is 47.6 Å². The van der Waals surface area contributed by atoms with Gasteiger partial charge in [0.15, 0.2) is 5.96 Å². The van der Waals surface area contributed by atoms with E-state index in [1.165, 1.54) is 24.0 Å². The number of nitrogens with zero attached hydrogens (tertiary/aromatic N) is 3. The Balaban J connectivity index is 0.00000261. The molecule has 1 aliphatic heterocycles. The zero-order chi connectivity index (χ0) is 18.2. The summed E-state index contributed by atoms with van der Waals surface area (Å²) in [4.78, 5) is 11.1. The van der Waals surface area contributed by atoms with Crippen LogP contribution >= 0.6 is 35.6 Å². The Morgan fingerprint density at radius 1 is 1.15 bits per heavy atom. The van der Waals surface area contributed by atoms with Crippen molar-refractivity contribution in [2.75, 3.05) is 31.6 Å². The number of hydrogen-bond acceptors (Lipinski definition) is 3. The van der Waals surface area contributed by atoms with Crippen LogP contribution in [-0.2, 0) is 13.0 Å². The molecule has 5 nitrogen and oxygen atoms in total. The number of guanidine groups is 1. The first-order chi connectivity index (χ1) is 12.7. The lowest BCUT2D eigenvalue weighted by Gasteiger charge is -2.17. The molecule has 0 aliphatic carbocycles. The van der Waals surface area contributed by atoms with Crippen molar-refractivity contribution >= 4 is 47.4 Å². The second-order valence-electron chi connectivity index (χ2n) is 6.45. The second kappa shape index (κ2) is 11.3. The number of aromatic nitrogens is 1. The summed E-state index contributed by atoms with van der Waals surface area (Å²) in [5.74, 6) is 1.87. The van der Waals surface area contributed by atoms with Crippen molar-refractivity contribution < 1.29 is 0 Å².